The first-order valence-electron chi connectivity index (χ1n) is 12.8. The van der Waals surface area contributed by atoms with E-state index in [1.54, 1.807) is 4.90 Å². The number of pyridine rings is 1. The minimum absolute atomic E-state index is 0.0164. The highest BCUT2D eigenvalue weighted by Crippen LogP contribution is 2.43. The van der Waals surface area contributed by atoms with Crippen molar-refractivity contribution in [2.45, 2.75) is 37.4 Å². The van der Waals surface area contributed by atoms with Gasteiger partial charge in [-0.25, -0.2) is 9.37 Å². The first kappa shape index (κ1) is 29.6. The van der Waals surface area contributed by atoms with E-state index in [2.05, 4.69) is 9.88 Å². The Morgan fingerprint density at radius 1 is 1.27 bits per heavy atom. The van der Waals surface area contributed by atoms with Gasteiger partial charge in [-0.15, -0.1) is 0 Å². The second-order valence-electron chi connectivity index (χ2n) is 9.69. The fourth-order valence-corrected chi connectivity index (χ4v) is 5.22. The van der Waals surface area contributed by atoms with E-state index >= 15 is 0 Å². The van der Waals surface area contributed by atoms with Crippen molar-refractivity contribution >= 4 is 35.0 Å². The topological polar surface area (TPSA) is 81.9 Å². The van der Waals surface area contributed by atoms with Gasteiger partial charge in [0.1, 0.15) is 11.6 Å². The first-order chi connectivity index (χ1) is 19.1. The molecule has 0 N–H and O–H groups in total. The average Bonchev–Trinajstić information content (AvgIpc) is 2.93. The SMILES string of the molecule is CN(C(=O)C1(N(C=S)c2ccc(F)c(OCCCN3CCOCC3)c2)CCC1)c1cnc(C#N)c(C(F)(F)F)c1. The van der Waals surface area contributed by atoms with E-state index in [1.165, 1.54) is 36.8 Å². The van der Waals surface area contributed by atoms with E-state index in [0.29, 0.717) is 44.6 Å². The normalized spacial score (nSPS) is 16.9. The zero-order valence-corrected chi connectivity index (χ0v) is 22.7. The van der Waals surface area contributed by atoms with Crippen LogP contribution in [0.25, 0.3) is 0 Å². The third-order valence-corrected chi connectivity index (χ3v) is 7.51. The summed E-state index contributed by atoms with van der Waals surface area (Å²) < 4.78 is 66.2. The van der Waals surface area contributed by atoms with Crippen molar-refractivity contribution in [3.05, 3.63) is 47.5 Å². The van der Waals surface area contributed by atoms with Gasteiger partial charge in [0.2, 0.25) is 0 Å². The summed E-state index contributed by atoms with van der Waals surface area (Å²) in [5.74, 6) is -1.05. The number of nitriles is 1. The molecule has 40 heavy (non-hydrogen) atoms. The Hall–Kier alpha value is -3.34. The zero-order chi connectivity index (χ0) is 28.9. The van der Waals surface area contributed by atoms with Crippen LogP contribution in [0.1, 0.15) is 36.9 Å². The quantitative estimate of drug-likeness (QED) is 0.230. The van der Waals surface area contributed by atoms with Crippen LogP contribution in [0.2, 0.25) is 0 Å². The molecule has 0 bridgehead atoms. The van der Waals surface area contributed by atoms with Crippen molar-refractivity contribution in [3.8, 4) is 11.8 Å². The maximum Gasteiger partial charge on any atom is 0.419 e. The number of hydrogen-bond donors (Lipinski definition) is 0. The Kier molecular flexibility index (Phi) is 9.22. The number of carbonyl (C=O) groups is 1. The van der Waals surface area contributed by atoms with Gasteiger partial charge in [-0.3, -0.25) is 9.69 Å². The highest BCUT2D eigenvalue weighted by atomic mass is 32.1. The number of benzene rings is 1. The number of rotatable bonds is 10. The van der Waals surface area contributed by atoms with Crippen LogP contribution in [0, 0.1) is 17.1 Å². The lowest BCUT2D eigenvalue weighted by Gasteiger charge is -2.49. The highest BCUT2D eigenvalue weighted by molar-refractivity contribution is 7.79. The molecule has 2 aliphatic rings. The van der Waals surface area contributed by atoms with E-state index in [1.807, 2.05) is 0 Å². The number of nitrogens with zero attached hydrogens (tertiary/aromatic N) is 5. The third-order valence-electron chi connectivity index (χ3n) is 7.29. The molecule has 0 radical (unpaired) electrons. The summed E-state index contributed by atoms with van der Waals surface area (Å²) in [4.78, 5) is 22.3. The van der Waals surface area contributed by atoms with Crippen LogP contribution >= 0.6 is 12.2 Å². The number of alkyl halides is 3. The molecule has 2 aromatic rings. The molecule has 1 saturated heterocycles. The van der Waals surface area contributed by atoms with E-state index in [0.717, 1.165) is 36.8 Å². The number of aromatic nitrogens is 1. The Balaban J connectivity index is 1.52. The Morgan fingerprint density at radius 3 is 2.60 bits per heavy atom. The van der Waals surface area contributed by atoms with E-state index in [-0.39, 0.29) is 18.0 Å². The molecule has 1 aromatic heterocycles. The summed E-state index contributed by atoms with van der Waals surface area (Å²) in [5.41, 5.74) is -1.59. The molecule has 1 aliphatic heterocycles. The summed E-state index contributed by atoms with van der Waals surface area (Å²) >= 11 is 5.27. The Bertz CT molecular complexity index is 1280. The largest absolute Gasteiger partial charge is 0.490 e. The fraction of sp³-hybridized carbons (Fsp3) is 0.481. The van der Waals surface area contributed by atoms with Crippen molar-refractivity contribution < 1.29 is 31.8 Å². The van der Waals surface area contributed by atoms with Gasteiger partial charge in [0.15, 0.2) is 17.3 Å². The van der Waals surface area contributed by atoms with Gasteiger partial charge < -0.3 is 19.3 Å². The maximum absolute atomic E-state index is 14.6. The van der Waals surface area contributed by atoms with Gasteiger partial charge in [0.25, 0.3) is 5.91 Å². The molecule has 1 amide bonds. The first-order valence-corrected chi connectivity index (χ1v) is 13.3. The fourth-order valence-electron chi connectivity index (χ4n) is 4.90. The number of amides is 1. The van der Waals surface area contributed by atoms with Gasteiger partial charge in [-0.05, 0) is 43.9 Å². The van der Waals surface area contributed by atoms with Crippen LogP contribution in [0.4, 0.5) is 28.9 Å². The molecule has 214 valence electrons. The summed E-state index contributed by atoms with van der Waals surface area (Å²) in [7, 11) is 1.35. The summed E-state index contributed by atoms with van der Waals surface area (Å²) in [6.07, 6.45) is -1.63. The van der Waals surface area contributed by atoms with Crippen molar-refractivity contribution in [2.75, 3.05) is 56.3 Å². The lowest BCUT2D eigenvalue weighted by atomic mass is 9.74. The van der Waals surface area contributed by atoms with Crippen molar-refractivity contribution in [2.24, 2.45) is 0 Å². The number of likely N-dealkylation sites (N-methyl/N-ethyl adjacent to an activating group) is 1. The third kappa shape index (κ3) is 6.19. The van der Waals surface area contributed by atoms with Crippen LogP contribution in [-0.2, 0) is 15.7 Å². The highest BCUT2D eigenvalue weighted by Gasteiger charge is 2.51. The Morgan fingerprint density at radius 2 is 2.00 bits per heavy atom. The number of anilines is 2. The lowest BCUT2D eigenvalue weighted by Crippen LogP contribution is -2.63. The van der Waals surface area contributed by atoms with Crippen molar-refractivity contribution in [1.82, 2.24) is 9.88 Å². The van der Waals surface area contributed by atoms with Crippen molar-refractivity contribution in [1.29, 1.82) is 5.26 Å². The van der Waals surface area contributed by atoms with Crippen LogP contribution in [0.3, 0.4) is 0 Å². The van der Waals surface area contributed by atoms with Crippen LogP contribution in [-0.4, -0.2) is 73.3 Å². The average molecular weight is 580 g/mol. The second kappa shape index (κ2) is 12.4. The van der Waals surface area contributed by atoms with Crippen LogP contribution in [0.15, 0.2) is 30.5 Å². The molecular formula is C27H29F4N5O3S. The second-order valence-corrected chi connectivity index (χ2v) is 9.91. The van der Waals surface area contributed by atoms with E-state index in [4.69, 9.17) is 27.0 Å². The van der Waals surface area contributed by atoms with E-state index < -0.39 is 34.7 Å². The molecule has 0 atom stereocenters. The smallest absolute Gasteiger partial charge is 0.419 e. The molecule has 0 spiro atoms. The van der Waals surface area contributed by atoms with Gasteiger partial charge in [-0.1, -0.05) is 12.2 Å². The number of thiocarbonyl (C=S) groups is 1. The number of halogens is 4. The monoisotopic (exact) mass is 579 g/mol. The molecule has 2 fully saturated rings. The molecule has 13 heteroatoms. The maximum atomic E-state index is 14.6. The standard InChI is InChI=1S/C27H29F4N5O3S/c1-34(20-14-21(27(29,30)31)23(16-32)33-17-20)25(37)26(6-2-7-26)36(18-40)19-4-5-22(28)24(15-19)39-11-3-8-35-9-12-38-13-10-35/h4-5,14-15,17-18H,2-3,6-13H2,1H3. The van der Waals surface area contributed by atoms with Gasteiger partial charge in [0.05, 0.1) is 42.8 Å². The Labute approximate surface area is 235 Å². The summed E-state index contributed by atoms with van der Waals surface area (Å²) in [6.45, 7) is 4.13. The van der Waals surface area contributed by atoms with Gasteiger partial charge >= 0.3 is 6.18 Å². The molecule has 4 rings (SSSR count). The predicted octanol–water partition coefficient (Wildman–Crippen LogP) is 4.56. The molecule has 2 heterocycles. The number of carbonyl (C=O) groups excluding carboxylic acids is 1. The molecular weight excluding hydrogens is 550 g/mol. The summed E-state index contributed by atoms with van der Waals surface area (Å²) in [5, 5.41) is 9.04. The predicted molar refractivity (Wildman–Crippen MR) is 144 cm³/mol. The molecule has 1 aromatic carbocycles. The van der Waals surface area contributed by atoms with E-state index in [9.17, 15) is 22.4 Å². The zero-order valence-electron chi connectivity index (χ0n) is 21.9. The minimum Gasteiger partial charge on any atom is -0.490 e. The molecule has 1 aliphatic carbocycles. The van der Waals surface area contributed by atoms with Crippen LogP contribution in [0.5, 0.6) is 5.75 Å². The molecule has 1 saturated carbocycles. The van der Waals surface area contributed by atoms with Crippen molar-refractivity contribution in [3.63, 3.8) is 0 Å². The summed E-state index contributed by atoms with van der Waals surface area (Å²) in [6, 6.07) is 6.36. The van der Waals surface area contributed by atoms with Gasteiger partial charge in [0, 0.05) is 38.4 Å². The number of morpholine rings is 1. The number of ether oxygens (including phenoxy) is 2. The molecule has 8 nitrogen and oxygen atoms in total. The lowest BCUT2D eigenvalue weighted by molar-refractivity contribution is -0.138. The molecule has 0 unspecified atom stereocenters. The number of hydrogen-bond acceptors (Lipinski definition) is 7. The minimum atomic E-state index is -4.82. The van der Waals surface area contributed by atoms with Gasteiger partial charge in [-0.2, -0.15) is 18.4 Å². The van der Waals surface area contributed by atoms with Crippen LogP contribution < -0.4 is 14.5 Å².